The van der Waals surface area contributed by atoms with Crippen LogP contribution in [0.2, 0.25) is 0 Å². The van der Waals surface area contributed by atoms with Gasteiger partial charge in [0.2, 0.25) is 11.8 Å². The topological polar surface area (TPSA) is 73.1 Å². The van der Waals surface area contributed by atoms with Crippen molar-refractivity contribution in [2.75, 3.05) is 12.0 Å². The van der Waals surface area contributed by atoms with Crippen molar-refractivity contribution in [3.8, 4) is 5.88 Å². The lowest BCUT2D eigenvalue weighted by molar-refractivity contribution is 0.286. The first kappa shape index (κ1) is 9.21. The summed E-state index contributed by atoms with van der Waals surface area (Å²) in [5.41, 5.74) is 3.33. The van der Waals surface area contributed by atoms with Crippen LogP contribution in [-0.4, -0.2) is 16.6 Å². The maximum atomic E-state index is 5.56. The molecule has 1 aliphatic carbocycles. The van der Waals surface area contributed by atoms with Crippen LogP contribution in [0.5, 0.6) is 5.88 Å². The smallest absolute Gasteiger partial charge is 0.240 e. The largest absolute Gasteiger partial charge is 0.477 e. The van der Waals surface area contributed by atoms with E-state index in [2.05, 4.69) is 15.4 Å². The summed E-state index contributed by atoms with van der Waals surface area (Å²) < 4.78 is 5.56. The molecule has 1 fully saturated rings. The van der Waals surface area contributed by atoms with Crippen molar-refractivity contribution in [1.29, 1.82) is 0 Å². The van der Waals surface area contributed by atoms with Gasteiger partial charge in [0, 0.05) is 11.8 Å². The molecule has 0 spiro atoms. The third-order valence-corrected chi connectivity index (χ3v) is 2.21. The Hall–Kier alpha value is -1.36. The predicted molar refractivity (Wildman–Crippen MR) is 52.8 cm³/mol. The quantitative estimate of drug-likeness (QED) is 0.549. The van der Waals surface area contributed by atoms with Crippen molar-refractivity contribution in [3.63, 3.8) is 0 Å². The summed E-state index contributed by atoms with van der Waals surface area (Å²) in [6, 6.07) is 0. The number of nitrogens with two attached hydrogens (primary N) is 1. The second-order valence-electron chi connectivity index (χ2n) is 3.58. The van der Waals surface area contributed by atoms with Gasteiger partial charge in [0.05, 0.1) is 6.61 Å². The summed E-state index contributed by atoms with van der Waals surface area (Å²) in [4.78, 5) is 8.09. The van der Waals surface area contributed by atoms with Crippen LogP contribution >= 0.6 is 0 Å². The Balaban J connectivity index is 2.04. The Morgan fingerprint density at radius 1 is 1.64 bits per heavy atom. The molecule has 5 nitrogen and oxygen atoms in total. The highest BCUT2D eigenvalue weighted by Crippen LogP contribution is 2.29. The molecule has 1 heterocycles. The first-order chi connectivity index (χ1) is 6.79. The second kappa shape index (κ2) is 3.79. The summed E-state index contributed by atoms with van der Waals surface area (Å²) in [7, 11) is 0. The summed E-state index contributed by atoms with van der Waals surface area (Å²) in [6.45, 7) is 2.67. The number of ether oxygens (including phenoxy) is 1. The lowest BCUT2D eigenvalue weighted by Crippen LogP contribution is -2.12. The van der Waals surface area contributed by atoms with Gasteiger partial charge in [-0.1, -0.05) is 0 Å². The Morgan fingerprint density at radius 3 is 3.07 bits per heavy atom. The monoisotopic (exact) mass is 194 g/mol. The SMILES string of the molecule is Cc1cnc(NN)nc1OCC1CC1. The van der Waals surface area contributed by atoms with Crippen molar-refractivity contribution in [2.45, 2.75) is 19.8 Å². The first-order valence-electron chi connectivity index (χ1n) is 4.72. The highest BCUT2D eigenvalue weighted by atomic mass is 16.5. The van der Waals surface area contributed by atoms with Gasteiger partial charge in [-0.3, -0.25) is 5.43 Å². The average Bonchev–Trinajstić information content (AvgIpc) is 3.00. The van der Waals surface area contributed by atoms with Crippen LogP contribution in [-0.2, 0) is 0 Å². The molecular formula is C9H14N4O. The van der Waals surface area contributed by atoms with E-state index in [-0.39, 0.29) is 0 Å². The summed E-state index contributed by atoms with van der Waals surface area (Å²) in [5, 5.41) is 0. The molecule has 3 N–H and O–H groups in total. The minimum atomic E-state index is 0.390. The molecule has 0 radical (unpaired) electrons. The molecule has 0 atom stereocenters. The zero-order chi connectivity index (χ0) is 9.97. The molecule has 5 heteroatoms. The summed E-state index contributed by atoms with van der Waals surface area (Å²) in [5.74, 6) is 6.94. The van der Waals surface area contributed by atoms with Crippen LogP contribution in [0.4, 0.5) is 5.95 Å². The van der Waals surface area contributed by atoms with Gasteiger partial charge in [0.1, 0.15) is 0 Å². The van der Waals surface area contributed by atoms with Gasteiger partial charge >= 0.3 is 0 Å². The number of nitrogens with one attached hydrogen (secondary N) is 1. The molecule has 0 saturated heterocycles. The van der Waals surface area contributed by atoms with Crippen LogP contribution in [0, 0.1) is 12.8 Å². The van der Waals surface area contributed by atoms with E-state index < -0.39 is 0 Å². The molecule has 1 aromatic heterocycles. The lowest BCUT2D eigenvalue weighted by Gasteiger charge is -2.07. The van der Waals surface area contributed by atoms with Crippen molar-refractivity contribution in [1.82, 2.24) is 9.97 Å². The Labute approximate surface area is 82.7 Å². The fourth-order valence-corrected chi connectivity index (χ4v) is 1.12. The number of rotatable bonds is 4. The lowest BCUT2D eigenvalue weighted by atomic mass is 10.4. The minimum Gasteiger partial charge on any atom is -0.477 e. The third-order valence-electron chi connectivity index (χ3n) is 2.21. The predicted octanol–water partition coefficient (Wildman–Crippen LogP) is 0.859. The van der Waals surface area contributed by atoms with Crippen LogP contribution in [0.25, 0.3) is 0 Å². The molecule has 0 bridgehead atoms. The molecule has 1 aliphatic rings. The van der Waals surface area contributed by atoms with Gasteiger partial charge in [0.15, 0.2) is 0 Å². The molecule has 14 heavy (non-hydrogen) atoms. The Kier molecular flexibility index (Phi) is 2.49. The molecule has 0 unspecified atom stereocenters. The highest BCUT2D eigenvalue weighted by molar-refractivity contribution is 5.31. The highest BCUT2D eigenvalue weighted by Gasteiger charge is 2.22. The van der Waals surface area contributed by atoms with E-state index in [9.17, 15) is 0 Å². The van der Waals surface area contributed by atoms with Crippen molar-refractivity contribution < 1.29 is 4.74 Å². The minimum absolute atomic E-state index is 0.390. The maximum absolute atomic E-state index is 5.56. The number of anilines is 1. The first-order valence-corrected chi connectivity index (χ1v) is 4.72. The van der Waals surface area contributed by atoms with E-state index >= 15 is 0 Å². The summed E-state index contributed by atoms with van der Waals surface area (Å²) in [6.07, 6.45) is 4.24. The van der Waals surface area contributed by atoms with E-state index in [0.717, 1.165) is 18.1 Å². The van der Waals surface area contributed by atoms with Crippen LogP contribution in [0.15, 0.2) is 6.20 Å². The van der Waals surface area contributed by atoms with E-state index in [1.54, 1.807) is 6.20 Å². The van der Waals surface area contributed by atoms with Crippen molar-refractivity contribution >= 4 is 5.95 Å². The van der Waals surface area contributed by atoms with Crippen molar-refractivity contribution in [2.24, 2.45) is 11.8 Å². The van der Waals surface area contributed by atoms with Gasteiger partial charge in [0.25, 0.3) is 0 Å². The Bertz CT molecular complexity index is 325. The molecule has 1 aromatic rings. The fraction of sp³-hybridized carbons (Fsp3) is 0.556. The fourth-order valence-electron chi connectivity index (χ4n) is 1.12. The van der Waals surface area contributed by atoms with Crippen LogP contribution < -0.4 is 16.0 Å². The molecule has 1 saturated carbocycles. The van der Waals surface area contributed by atoms with Gasteiger partial charge in [-0.2, -0.15) is 4.98 Å². The number of nitrogen functional groups attached to an aromatic ring is 1. The molecule has 2 rings (SSSR count). The molecule has 0 amide bonds. The molecule has 76 valence electrons. The zero-order valence-corrected chi connectivity index (χ0v) is 8.16. The molecular weight excluding hydrogens is 180 g/mol. The van der Waals surface area contributed by atoms with Crippen LogP contribution in [0.3, 0.4) is 0 Å². The standard InChI is InChI=1S/C9H14N4O/c1-6-4-11-9(13-10)12-8(6)14-5-7-2-3-7/h4,7H,2-3,5,10H2,1H3,(H,11,12,13). The molecule has 0 aliphatic heterocycles. The van der Waals surface area contributed by atoms with Gasteiger partial charge < -0.3 is 4.74 Å². The molecule has 0 aromatic carbocycles. The zero-order valence-electron chi connectivity index (χ0n) is 8.16. The van der Waals surface area contributed by atoms with Gasteiger partial charge in [-0.25, -0.2) is 10.8 Å². The second-order valence-corrected chi connectivity index (χ2v) is 3.58. The number of hydrazine groups is 1. The average molecular weight is 194 g/mol. The number of aryl methyl sites for hydroxylation is 1. The number of hydrogen-bond acceptors (Lipinski definition) is 5. The van der Waals surface area contributed by atoms with Gasteiger partial charge in [-0.15, -0.1) is 0 Å². The van der Waals surface area contributed by atoms with Crippen LogP contribution in [0.1, 0.15) is 18.4 Å². The van der Waals surface area contributed by atoms with Gasteiger partial charge in [-0.05, 0) is 25.7 Å². The van der Waals surface area contributed by atoms with E-state index in [1.807, 2.05) is 6.92 Å². The summed E-state index contributed by atoms with van der Waals surface area (Å²) >= 11 is 0. The Morgan fingerprint density at radius 2 is 2.43 bits per heavy atom. The number of nitrogens with zero attached hydrogens (tertiary/aromatic N) is 2. The van der Waals surface area contributed by atoms with E-state index in [0.29, 0.717) is 11.8 Å². The van der Waals surface area contributed by atoms with E-state index in [4.69, 9.17) is 10.6 Å². The maximum Gasteiger partial charge on any atom is 0.240 e. The third kappa shape index (κ3) is 2.11. The number of hydrogen-bond donors (Lipinski definition) is 2. The van der Waals surface area contributed by atoms with E-state index in [1.165, 1.54) is 12.8 Å². The van der Waals surface area contributed by atoms with Crippen molar-refractivity contribution in [3.05, 3.63) is 11.8 Å². The normalized spacial score (nSPS) is 15.3. The number of aromatic nitrogens is 2.